The first-order valence-electron chi connectivity index (χ1n) is 7.53. The first-order valence-corrected chi connectivity index (χ1v) is 8.28. The summed E-state index contributed by atoms with van der Waals surface area (Å²) in [6.45, 7) is 0. The lowest BCUT2D eigenvalue weighted by Crippen LogP contribution is -2.35. The molecule has 5 nitrogen and oxygen atoms in total. The van der Waals surface area contributed by atoms with E-state index in [0.29, 0.717) is 39.8 Å². The van der Waals surface area contributed by atoms with Gasteiger partial charge in [0.15, 0.2) is 0 Å². The van der Waals surface area contributed by atoms with Gasteiger partial charge in [0.1, 0.15) is 5.41 Å². The van der Waals surface area contributed by atoms with Crippen molar-refractivity contribution in [1.82, 2.24) is 0 Å². The number of carbonyl (C=O) groups excluding carboxylic acids is 2. The molecular formula is C18H13Cl2N3O2. The Morgan fingerprint density at radius 1 is 0.920 bits per heavy atom. The lowest BCUT2D eigenvalue weighted by Gasteiger charge is -2.16. The van der Waals surface area contributed by atoms with Crippen LogP contribution in [0.5, 0.6) is 0 Å². The highest BCUT2D eigenvalue weighted by Gasteiger charge is 2.56. The third-order valence-corrected chi connectivity index (χ3v) is 4.81. The number of hydrogen-bond donors (Lipinski definition) is 2. The van der Waals surface area contributed by atoms with Crippen molar-refractivity contribution in [2.75, 3.05) is 10.6 Å². The van der Waals surface area contributed by atoms with Gasteiger partial charge in [-0.05, 0) is 55.3 Å². The largest absolute Gasteiger partial charge is 0.325 e. The van der Waals surface area contributed by atoms with Gasteiger partial charge in [0.25, 0.3) is 0 Å². The Kier molecular flexibility index (Phi) is 4.67. The van der Waals surface area contributed by atoms with Crippen LogP contribution in [0.3, 0.4) is 0 Å². The van der Waals surface area contributed by atoms with Crippen LogP contribution in [0.4, 0.5) is 11.4 Å². The monoisotopic (exact) mass is 373 g/mol. The lowest BCUT2D eigenvalue weighted by molar-refractivity contribution is -0.131. The van der Waals surface area contributed by atoms with E-state index in [0.717, 1.165) is 0 Å². The summed E-state index contributed by atoms with van der Waals surface area (Å²) in [5, 5.41) is 14.9. The number of benzene rings is 2. The molecule has 0 unspecified atom stereocenters. The van der Waals surface area contributed by atoms with Gasteiger partial charge in [-0.2, -0.15) is 5.26 Å². The van der Waals surface area contributed by atoms with E-state index in [1.807, 2.05) is 6.07 Å². The van der Waals surface area contributed by atoms with Crippen LogP contribution in [0.15, 0.2) is 42.5 Å². The minimum Gasteiger partial charge on any atom is -0.325 e. The van der Waals surface area contributed by atoms with Gasteiger partial charge >= 0.3 is 0 Å². The van der Waals surface area contributed by atoms with Crippen molar-refractivity contribution in [2.24, 2.45) is 5.41 Å². The second kappa shape index (κ2) is 6.75. The van der Waals surface area contributed by atoms with Crippen LogP contribution in [0.2, 0.25) is 10.0 Å². The summed E-state index contributed by atoms with van der Waals surface area (Å²) >= 11 is 11.8. The van der Waals surface area contributed by atoms with Crippen LogP contribution in [-0.4, -0.2) is 11.8 Å². The molecule has 2 amide bonds. The minimum absolute atomic E-state index is 0.325. The zero-order chi connectivity index (χ0) is 18.0. The summed E-state index contributed by atoms with van der Waals surface area (Å²) in [6.07, 6.45) is 0.949. The highest BCUT2D eigenvalue weighted by molar-refractivity contribution is 6.42. The first-order chi connectivity index (χ1) is 11.9. The summed E-state index contributed by atoms with van der Waals surface area (Å²) in [5.41, 5.74) is 0.436. The van der Waals surface area contributed by atoms with Crippen LogP contribution in [0.25, 0.3) is 0 Å². The highest BCUT2D eigenvalue weighted by Crippen LogP contribution is 2.47. The van der Waals surface area contributed by atoms with E-state index in [1.165, 1.54) is 6.07 Å². The molecule has 2 aromatic carbocycles. The van der Waals surface area contributed by atoms with Crippen LogP contribution in [0.1, 0.15) is 18.4 Å². The quantitative estimate of drug-likeness (QED) is 0.786. The van der Waals surface area contributed by atoms with Gasteiger partial charge in [-0.25, -0.2) is 0 Å². The number of rotatable bonds is 4. The summed E-state index contributed by atoms with van der Waals surface area (Å²) < 4.78 is 0. The van der Waals surface area contributed by atoms with Gasteiger partial charge in [0.2, 0.25) is 11.8 Å². The molecule has 7 heteroatoms. The second-order valence-electron chi connectivity index (χ2n) is 5.81. The molecule has 0 bridgehead atoms. The second-order valence-corrected chi connectivity index (χ2v) is 6.62. The highest BCUT2D eigenvalue weighted by atomic mass is 35.5. The Labute approximate surface area is 154 Å². The number of nitrogens with zero attached hydrogens (tertiary/aromatic N) is 1. The number of halogens is 2. The van der Waals surface area contributed by atoms with Crippen molar-refractivity contribution in [3.05, 3.63) is 58.1 Å². The molecule has 25 heavy (non-hydrogen) atoms. The molecule has 0 atom stereocenters. The molecule has 0 spiro atoms. The third-order valence-electron chi connectivity index (χ3n) is 4.07. The molecule has 0 saturated heterocycles. The van der Waals surface area contributed by atoms with Crippen LogP contribution in [0, 0.1) is 16.7 Å². The van der Waals surface area contributed by atoms with Gasteiger partial charge in [-0.3, -0.25) is 9.59 Å². The Balaban J connectivity index is 1.69. The number of carbonyl (C=O) groups is 2. The van der Waals surface area contributed by atoms with Gasteiger partial charge in [0, 0.05) is 11.4 Å². The maximum Gasteiger partial charge on any atom is 0.240 e. The van der Waals surface area contributed by atoms with Crippen LogP contribution < -0.4 is 10.6 Å². The van der Waals surface area contributed by atoms with Gasteiger partial charge in [-0.15, -0.1) is 0 Å². The average molecular weight is 374 g/mol. The standard InChI is InChI=1S/C18H13Cl2N3O2/c19-14-6-5-13(9-15(14)20)23-17(25)18(7-8-18)16(24)22-12-3-1-11(10-21)2-4-12/h1-6,9H,7-8H2,(H,22,24)(H,23,25). The normalized spacial score (nSPS) is 14.3. The summed E-state index contributed by atoms with van der Waals surface area (Å²) in [5.74, 6) is -0.744. The zero-order valence-corrected chi connectivity index (χ0v) is 14.5. The van der Waals surface area contributed by atoms with Crippen molar-refractivity contribution < 1.29 is 9.59 Å². The van der Waals surface area contributed by atoms with Crippen LogP contribution in [-0.2, 0) is 9.59 Å². The van der Waals surface area contributed by atoms with Gasteiger partial charge in [0.05, 0.1) is 21.7 Å². The molecule has 1 aliphatic rings. The molecule has 0 aliphatic heterocycles. The Morgan fingerprint density at radius 3 is 2.00 bits per heavy atom. The number of nitriles is 1. The van der Waals surface area contributed by atoms with Crippen molar-refractivity contribution >= 4 is 46.4 Å². The Bertz CT molecular complexity index is 884. The average Bonchev–Trinajstić information content (AvgIpc) is 3.41. The van der Waals surface area contributed by atoms with Crippen molar-refractivity contribution in [1.29, 1.82) is 5.26 Å². The molecule has 0 heterocycles. The summed E-state index contributed by atoms with van der Waals surface area (Å²) in [6, 6.07) is 13.2. The number of nitrogens with one attached hydrogen (secondary N) is 2. The molecule has 3 rings (SSSR count). The molecule has 2 aromatic rings. The summed E-state index contributed by atoms with van der Waals surface area (Å²) in [4.78, 5) is 25.1. The van der Waals surface area contributed by atoms with E-state index >= 15 is 0 Å². The topological polar surface area (TPSA) is 82.0 Å². The van der Waals surface area contributed by atoms with Gasteiger partial charge < -0.3 is 10.6 Å². The molecule has 1 saturated carbocycles. The minimum atomic E-state index is -1.08. The predicted molar refractivity (Wildman–Crippen MR) is 96.5 cm³/mol. The maximum absolute atomic E-state index is 12.5. The van der Waals surface area contributed by atoms with Crippen molar-refractivity contribution in [3.63, 3.8) is 0 Å². The predicted octanol–water partition coefficient (Wildman–Crippen LogP) is 4.22. The molecule has 126 valence electrons. The fraction of sp³-hybridized carbons (Fsp3) is 0.167. The Morgan fingerprint density at radius 2 is 1.48 bits per heavy atom. The molecule has 1 fully saturated rings. The van der Waals surface area contributed by atoms with E-state index in [-0.39, 0.29) is 11.8 Å². The molecule has 0 aromatic heterocycles. The van der Waals surface area contributed by atoms with Crippen molar-refractivity contribution in [3.8, 4) is 6.07 Å². The van der Waals surface area contributed by atoms with E-state index in [9.17, 15) is 9.59 Å². The van der Waals surface area contributed by atoms with E-state index < -0.39 is 5.41 Å². The number of amides is 2. The lowest BCUT2D eigenvalue weighted by atomic mass is 10.0. The van der Waals surface area contributed by atoms with E-state index in [1.54, 1.807) is 36.4 Å². The SMILES string of the molecule is N#Cc1ccc(NC(=O)C2(C(=O)Nc3ccc(Cl)c(Cl)c3)CC2)cc1. The van der Waals surface area contributed by atoms with Gasteiger partial charge in [-0.1, -0.05) is 23.2 Å². The maximum atomic E-state index is 12.5. The molecular weight excluding hydrogens is 361 g/mol. The third kappa shape index (κ3) is 3.60. The number of hydrogen-bond acceptors (Lipinski definition) is 3. The fourth-order valence-corrected chi connectivity index (χ4v) is 2.68. The smallest absolute Gasteiger partial charge is 0.240 e. The molecule has 1 aliphatic carbocycles. The zero-order valence-electron chi connectivity index (χ0n) is 13.0. The molecule has 0 radical (unpaired) electrons. The van der Waals surface area contributed by atoms with E-state index in [2.05, 4.69) is 10.6 Å². The number of anilines is 2. The summed E-state index contributed by atoms with van der Waals surface area (Å²) in [7, 11) is 0. The first kappa shape index (κ1) is 17.3. The molecule has 2 N–H and O–H groups in total. The van der Waals surface area contributed by atoms with E-state index in [4.69, 9.17) is 28.5 Å². The Hall–Kier alpha value is -2.55. The van der Waals surface area contributed by atoms with Crippen molar-refractivity contribution in [2.45, 2.75) is 12.8 Å². The van der Waals surface area contributed by atoms with Crippen LogP contribution >= 0.6 is 23.2 Å². The fourth-order valence-electron chi connectivity index (χ4n) is 2.39.